The van der Waals surface area contributed by atoms with E-state index in [0.717, 1.165) is 6.07 Å². The highest BCUT2D eigenvalue weighted by Gasteiger charge is 2.31. The van der Waals surface area contributed by atoms with E-state index in [2.05, 4.69) is 20.7 Å². The first-order valence-corrected chi connectivity index (χ1v) is 5.27. The van der Waals surface area contributed by atoms with Crippen LogP contribution in [0.4, 0.5) is 13.2 Å². The van der Waals surface area contributed by atoms with Gasteiger partial charge in [0, 0.05) is 0 Å². The first-order valence-electron chi connectivity index (χ1n) is 4.47. The van der Waals surface area contributed by atoms with Crippen molar-refractivity contribution in [2.45, 2.75) is 12.8 Å². The molecule has 1 aromatic carbocycles. The van der Waals surface area contributed by atoms with Crippen molar-refractivity contribution in [2.24, 2.45) is 0 Å². The van der Waals surface area contributed by atoms with Gasteiger partial charge in [-0.2, -0.15) is 5.26 Å². The normalized spacial score (nSPS) is 10.8. The fraction of sp³-hybridized carbons (Fsp3) is 0.300. The third kappa shape index (κ3) is 4.95. The third-order valence-corrected chi connectivity index (χ3v) is 2.23. The number of ether oxygens (including phenoxy) is 2. The molecule has 7 heteroatoms. The highest BCUT2D eigenvalue weighted by molar-refractivity contribution is 9.10. The zero-order chi connectivity index (χ0) is 12.9. The zero-order valence-corrected chi connectivity index (χ0v) is 10.0. The van der Waals surface area contributed by atoms with E-state index in [1.54, 1.807) is 0 Å². The quantitative estimate of drug-likeness (QED) is 0.797. The molecule has 92 valence electrons. The smallest absolute Gasteiger partial charge is 0.492 e. The lowest BCUT2D eigenvalue weighted by Crippen LogP contribution is -2.17. The van der Waals surface area contributed by atoms with E-state index < -0.39 is 6.36 Å². The number of hydrogen-bond acceptors (Lipinski definition) is 3. The van der Waals surface area contributed by atoms with Crippen LogP contribution in [0.25, 0.3) is 0 Å². The van der Waals surface area contributed by atoms with Crippen LogP contribution in [0.5, 0.6) is 11.5 Å². The monoisotopic (exact) mass is 309 g/mol. The molecule has 3 nitrogen and oxygen atoms in total. The summed E-state index contributed by atoms with van der Waals surface area (Å²) < 4.78 is 44.9. The topological polar surface area (TPSA) is 42.2 Å². The number of nitrogens with zero attached hydrogens (tertiary/aromatic N) is 1. The molecule has 0 aromatic heterocycles. The molecular weight excluding hydrogens is 303 g/mol. The Labute approximate surface area is 104 Å². The van der Waals surface area contributed by atoms with Crippen molar-refractivity contribution >= 4 is 15.9 Å². The Hall–Kier alpha value is -1.42. The number of benzene rings is 1. The Morgan fingerprint density at radius 3 is 2.59 bits per heavy atom. The van der Waals surface area contributed by atoms with E-state index in [9.17, 15) is 13.2 Å². The van der Waals surface area contributed by atoms with Gasteiger partial charge in [0.25, 0.3) is 0 Å². The molecule has 0 heterocycles. The molecule has 1 rings (SSSR count). The van der Waals surface area contributed by atoms with Crippen LogP contribution in [0, 0.1) is 11.3 Å². The van der Waals surface area contributed by atoms with Gasteiger partial charge in [-0.1, -0.05) is 0 Å². The maximum Gasteiger partial charge on any atom is 0.573 e. The van der Waals surface area contributed by atoms with Crippen LogP contribution in [-0.2, 0) is 0 Å². The Kier molecular flexibility index (Phi) is 4.63. The fourth-order valence-corrected chi connectivity index (χ4v) is 1.43. The van der Waals surface area contributed by atoms with E-state index in [4.69, 9.17) is 10.00 Å². The number of hydrogen-bond donors (Lipinski definition) is 0. The molecule has 0 saturated carbocycles. The lowest BCUT2D eigenvalue weighted by atomic mass is 10.3. The molecule has 0 spiro atoms. The lowest BCUT2D eigenvalue weighted by Gasteiger charge is -2.11. The van der Waals surface area contributed by atoms with Gasteiger partial charge in [0.15, 0.2) is 0 Å². The maximum absolute atomic E-state index is 12.0. The number of rotatable bonds is 4. The predicted molar refractivity (Wildman–Crippen MR) is 56.6 cm³/mol. The highest BCUT2D eigenvalue weighted by atomic mass is 79.9. The summed E-state index contributed by atoms with van der Waals surface area (Å²) in [6.07, 6.45) is -4.52. The summed E-state index contributed by atoms with van der Waals surface area (Å²) >= 11 is 2.94. The predicted octanol–water partition coefficient (Wildman–Crippen LogP) is 3.64. The van der Waals surface area contributed by atoms with Crippen LogP contribution < -0.4 is 9.47 Å². The number of alkyl halides is 3. The largest absolute Gasteiger partial charge is 0.573 e. The second-order valence-electron chi connectivity index (χ2n) is 2.90. The summed E-state index contributed by atoms with van der Waals surface area (Å²) in [4.78, 5) is 0. The van der Waals surface area contributed by atoms with Crippen LogP contribution in [0.3, 0.4) is 0 Å². The van der Waals surface area contributed by atoms with E-state index in [-0.39, 0.29) is 23.2 Å². The van der Waals surface area contributed by atoms with Crippen molar-refractivity contribution in [3.63, 3.8) is 0 Å². The van der Waals surface area contributed by atoms with Crippen LogP contribution in [0.2, 0.25) is 0 Å². The summed E-state index contributed by atoms with van der Waals surface area (Å²) in [5.41, 5.74) is 0. The minimum Gasteiger partial charge on any atom is -0.492 e. The molecule has 0 saturated heterocycles. The SMILES string of the molecule is N#CCCOc1ccc(OC(F)(F)F)c(Br)c1. The first kappa shape index (κ1) is 13.6. The van der Waals surface area contributed by atoms with Gasteiger partial charge in [-0.3, -0.25) is 0 Å². The molecule has 0 fully saturated rings. The summed E-state index contributed by atoms with van der Waals surface area (Å²) in [5.74, 6) is 0.0202. The van der Waals surface area contributed by atoms with Crippen molar-refractivity contribution < 1.29 is 22.6 Å². The molecule has 0 atom stereocenters. The van der Waals surface area contributed by atoms with Gasteiger partial charge in [0.05, 0.1) is 17.0 Å². The molecule has 0 amide bonds. The summed E-state index contributed by atoms with van der Waals surface area (Å²) in [5, 5.41) is 8.29. The van der Waals surface area contributed by atoms with Crippen LogP contribution in [0.15, 0.2) is 22.7 Å². The van der Waals surface area contributed by atoms with Crippen molar-refractivity contribution in [2.75, 3.05) is 6.61 Å². The van der Waals surface area contributed by atoms with Gasteiger partial charge in [0.1, 0.15) is 18.1 Å². The molecule has 0 unspecified atom stereocenters. The number of nitriles is 1. The van der Waals surface area contributed by atoms with Crippen LogP contribution >= 0.6 is 15.9 Å². The molecule has 0 bridgehead atoms. The van der Waals surface area contributed by atoms with Gasteiger partial charge in [-0.15, -0.1) is 13.2 Å². The van der Waals surface area contributed by atoms with Gasteiger partial charge in [-0.25, -0.2) is 0 Å². The molecule has 0 aliphatic carbocycles. The minimum atomic E-state index is -4.73. The van der Waals surface area contributed by atoms with Crippen LogP contribution in [0.1, 0.15) is 6.42 Å². The van der Waals surface area contributed by atoms with Gasteiger partial charge in [-0.05, 0) is 34.1 Å². The highest BCUT2D eigenvalue weighted by Crippen LogP contribution is 2.33. The van der Waals surface area contributed by atoms with Gasteiger partial charge < -0.3 is 9.47 Å². The van der Waals surface area contributed by atoms with E-state index in [1.807, 2.05) is 6.07 Å². The van der Waals surface area contributed by atoms with Crippen molar-refractivity contribution in [1.82, 2.24) is 0 Å². The number of halogens is 4. The molecule has 0 aliphatic heterocycles. The van der Waals surface area contributed by atoms with E-state index >= 15 is 0 Å². The summed E-state index contributed by atoms with van der Waals surface area (Å²) in [7, 11) is 0. The lowest BCUT2D eigenvalue weighted by molar-refractivity contribution is -0.274. The van der Waals surface area contributed by atoms with Gasteiger partial charge >= 0.3 is 6.36 Å². The molecule has 0 radical (unpaired) electrons. The zero-order valence-electron chi connectivity index (χ0n) is 8.42. The van der Waals surface area contributed by atoms with Gasteiger partial charge in [0.2, 0.25) is 0 Å². The van der Waals surface area contributed by atoms with E-state index in [1.165, 1.54) is 12.1 Å². The van der Waals surface area contributed by atoms with Crippen molar-refractivity contribution in [3.05, 3.63) is 22.7 Å². The second kappa shape index (κ2) is 5.77. The molecule has 17 heavy (non-hydrogen) atoms. The maximum atomic E-state index is 12.0. The summed E-state index contributed by atoms with van der Waals surface area (Å²) in [6.45, 7) is 0.183. The first-order chi connectivity index (χ1) is 7.92. The average molecular weight is 310 g/mol. The van der Waals surface area contributed by atoms with E-state index in [0.29, 0.717) is 5.75 Å². The molecular formula is C10H7BrF3NO2. The Morgan fingerprint density at radius 1 is 1.35 bits per heavy atom. The standard InChI is InChI=1S/C10H7BrF3NO2/c11-8-6-7(16-5-1-4-15)2-3-9(8)17-10(12,13)14/h2-3,6H,1,5H2. The third-order valence-electron chi connectivity index (χ3n) is 1.61. The summed E-state index contributed by atoms with van der Waals surface area (Å²) in [6, 6.07) is 5.71. The Bertz CT molecular complexity index is 429. The Morgan fingerprint density at radius 2 is 2.06 bits per heavy atom. The molecule has 0 N–H and O–H groups in total. The minimum absolute atomic E-state index is 0.129. The van der Waals surface area contributed by atoms with Crippen LogP contribution in [-0.4, -0.2) is 13.0 Å². The second-order valence-corrected chi connectivity index (χ2v) is 3.75. The average Bonchev–Trinajstić information content (AvgIpc) is 2.21. The molecule has 0 aliphatic rings. The molecule has 1 aromatic rings. The Balaban J connectivity index is 2.70. The van der Waals surface area contributed by atoms with Crippen molar-refractivity contribution in [1.29, 1.82) is 5.26 Å². The fourth-order valence-electron chi connectivity index (χ4n) is 0.993. The van der Waals surface area contributed by atoms with Crippen molar-refractivity contribution in [3.8, 4) is 17.6 Å².